The second-order valence-electron chi connectivity index (χ2n) is 4.93. The molecule has 0 aromatic carbocycles. The van der Waals surface area contributed by atoms with E-state index in [1.807, 2.05) is 13.1 Å². The van der Waals surface area contributed by atoms with Crippen LogP contribution in [0.15, 0.2) is 12.4 Å². The molecular formula is C13H17N5OS. The first-order valence-electron chi connectivity index (χ1n) is 6.72. The van der Waals surface area contributed by atoms with Crippen molar-refractivity contribution in [2.24, 2.45) is 0 Å². The molecule has 106 valence electrons. The average molecular weight is 291 g/mol. The summed E-state index contributed by atoms with van der Waals surface area (Å²) in [6.45, 7) is 3.92. The lowest BCUT2D eigenvalue weighted by atomic mass is 9.97. The Morgan fingerprint density at radius 2 is 2.15 bits per heavy atom. The van der Waals surface area contributed by atoms with Gasteiger partial charge in [0.15, 0.2) is 5.13 Å². The number of carbonyl (C=O) groups excluding carboxylic acids is 1. The van der Waals surface area contributed by atoms with Gasteiger partial charge in [-0.05, 0) is 38.8 Å². The number of hydrogen-bond acceptors (Lipinski definition) is 5. The molecule has 1 aliphatic rings. The molecule has 3 N–H and O–H groups in total. The zero-order valence-electron chi connectivity index (χ0n) is 11.3. The van der Waals surface area contributed by atoms with Gasteiger partial charge in [0.05, 0.1) is 6.20 Å². The highest BCUT2D eigenvalue weighted by molar-refractivity contribution is 7.15. The molecule has 7 heteroatoms. The lowest BCUT2D eigenvalue weighted by Crippen LogP contribution is -2.26. The first kappa shape index (κ1) is 13.3. The van der Waals surface area contributed by atoms with E-state index < -0.39 is 0 Å². The van der Waals surface area contributed by atoms with Crippen LogP contribution in [0.25, 0.3) is 0 Å². The summed E-state index contributed by atoms with van der Waals surface area (Å²) in [6.07, 6.45) is 5.69. The van der Waals surface area contributed by atoms with Gasteiger partial charge >= 0.3 is 0 Å². The van der Waals surface area contributed by atoms with Crippen molar-refractivity contribution in [3.05, 3.63) is 28.8 Å². The van der Waals surface area contributed by atoms with Crippen LogP contribution in [0.2, 0.25) is 0 Å². The van der Waals surface area contributed by atoms with E-state index in [0.717, 1.165) is 31.8 Å². The average Bonchev–Trinajstić information content (AvgIpc) is 3.09. The van der Waals surface area contributed by atoms with E-state index in [9.17, 15) is 4.79 Å². The number of aromatic nitrogens is 3. The molecule has 0 atom stereocenters. The lowest BCUT2D eigenvalue weighted by molar-refractivity contribution is 0.102. The van der Waals surface area contributed by atoms with Crippen LogP contribution in [0.5, 0.6) is 0 Å². The number of piperidine rings is 1. The molecule has 20 heavy (non-hydrogen) atoms. The van der Waals surface area contributed by atoms with Crippen LogP contribution in [0, 0.1) is 6.92 Å². The molecule has 0 aliphatic carbocycles. The predicted octanol–water partition coefficient (Wildman–Crippen LogP) is 1.89. The van der Waals surface area contributed by atoms with Gasteiger partial charge in [-0.3, -0.25) is 10.1 Å². The Morgan fingerprint density at radius 1 is 1.35 bits per heavy atom. The maximum absolute atomic E-state index is 12.0. The number of nitrogens with one attached hydrogen (secondary N) is 3. The van der Waals surface area contributed by atoms with Crippen molar-refractivity contribution < 1.29 is 4.79 Å². The summed E-state index contributed by atoms with van der Waals surface area (Å²) in [5.41, 5.74) is 0.459. The molecule has 3 rings (SSSR count). The highest BCUT2D eigenvalue weighted by atomic mass is 32.1. The minimum absolute atomic E-state index is 0.197. The van der Waals surface area contributed by atoms with Crippen LogP contribution >= 0.6 is 11.3 Å². The summed E-state index contributed by atoms with van der Waals surface area (Å²) >= 11 is 1.56. The van der Waals surface area contributed by atoms with E-state index in [4.69, 9.17) is 0 Å². The van der Waals surface area contributed by atoms with Gasteiger partial charge in [-0.1, -0.05) is 0 Å². The third-order valence-electron chi connectivity index (χ3n) is 3.43. The normalized spacial score (nSPS) is 16.2. The Balaban J connectivity index is 1.66. The molecule has 1 fully saturated rings. The number of imidazole rings is 1. The number of rotatable bonds is 3. The Bertz CT molecular complexity index is 599. The van der Waals surface area contributed by atoms with Gasteiger partial charge in [-0.15, -0.1) is 11.3 Å². The van der Waals surface area contributed by atoms with Gasteiger partial charge in [-0.2, -0.15) is 0 Å². The Kier molecular flexibility index (Phi) is 3.79. The number of thiazole rings is 1. The van der Waals surface area contributed by atoms with E-state index >= 15 is 0 Å². The lowest BCUT2D eigenvalue weighted by Gasteiger charge is -2.20. The maximum Gasteiger partial charge on any atom is 0.275 e. The van der Waals surface area contributed by atoms with Crippen molar-refractivity contribution in [1.29, 1.82) is 0 Å². The van der Waals surface area contributed by atoms with Crippen molar-refractivity contribution in [2.75, 3.05) is 18.4 Å². The second kappa shape index (κ2) is 5.72. The maximum atomic E-state index is 12.0. The van der Waals surface area contributed by atoms with Gasteiger partial charge in [0.2, 0.25) is 0 Å². The molecule has 1 aliphatic heterocycles. The SMILES string of the molecule is Cc1ncc(C(=O)Nc2ncc(C3CCNCC3)s2)[nH]1. The van der Waals surface area contributed by atoms with Gasteiger partial charge in [-0.25, -0.2) is 9.97 Å². The summed E-state index contributed by atoms with van der Waals surface area (Å²) in [4.78, 5) is 24.5. The number of H-pyrrole nitrogens is 1. The Hall–Kier alpha value is -1.73. The summed E-state index contributed by atoms with van der Waals surface area (Å²) in [5, 5.41) is 6.81. The molecule has 3 heterocycles. The topological polar surface area (TPSA) is 82.7 Å². The molecule has 1 saturated heterocycles. The van der Waals surface area contributed by atoms with Crippen molar-refractivity contribution >= 4 is 22.4 Å². The number of anilines is 1. The number of amides is 1. The largest absolute Gasteiger partial charge is 0.338 e. The van der Waals surface area contributed by atoms with Crippen LogP contribution in [0.3, 0.4) is 0 Å². The summed E-state index contributed by atoms with van der Waals surface area (Å²) in [6, 6.07) is 0. The number of nitrogens with zero attached hydrogens (tertiary/aromatic N) is 2. The Labute approximate surface area is 121 Å². The molecule has 2 aromatic heterocycles. The van der Waals surface area contributed by atoms with E-state index in [1.165, 1.54) is 11.1 Å². The monoisotopic (exact) mass is 291 g/mol. The quantitative estimate of drug-likeness (QED) is 0.806. The third kappa shape index (κ3) is 2.88. The van der Waals surface area contributed by atoms with E-state index in [2.05, 4.69) is 25.6 Å². The van der Waals surface area contributed by atoms with Gasteiger partial charge in [0.1, 0.15) is 11.5 Å². The second-order valence-corrected chi connectivity index (χ2v) is 5.99. The van der Waals surface area contributed by atoms with E-state index in [1.54, 1.807) is 11.3 Å². The van der Waals surface area contributed by atoms with Crippen molar-refractivity contribution in [3.63, 3.8) is 0 Å². The fourth-order valence-corrected chi connectivity index (χ4v) is 3.32. The van der Waals surface area contributed by atoms with Gasteiger partial charge in [0, 0.05) is 11.1 Å². The summed E-state index contributed by atoms with van der Waals surface area (Å²) in [7, 11) is 0. The first-order chi connectivity index (χ1) is 9.72. The summed E-state index contributed by atoms with van der Waals surface area (Å²) < 4.78 is 0. The van der Waals surface area contributed by atoms with Crippen LogP contribution in [-0.2, 0) is 0 Å². The molecule has 2 aromatic rings. The van der Waals surface area contributed by atoms with E-state index in [0.29, 0.717) is 16.7 Å². The molecular weight excluding hydrogens is 274 g/mol. The predicted molar refractivity (Wildman–Crippen MR) is 78.2 cm³/mol. The third-order valence-corrected chi connectivity index (χ3v) is 4.51. The zero-order valence-corrected chi connectivity index (χ0v) is 12.1. The van der Waals surface area contributed by atoms with Gasteiger partial charge < -0.3 is 10.3 Å². The number of hydrogen-bond donors (Lipinski definition) is 3. The highest BCUT2D eigenvalue weighted by Gasteiger charge is 2.18. The van der Waals surface area contributed by atoms with Crippen molar-refractivity contribution in [1.82, 2.24) is 20.3 Å². The van der Waals surface area contributed by atoms with Crippen LogP contribution in [0.1, 0.15) is 39.9 Å². The number of aryl methyl sites for hydroxylation is 1. The molecule has 6 nitrogen and oxygen atoms in total. The van der Waals surface area contributed by atoms with Gasteiger partial charge in [0.25, 0.3) is 5.91 Å². The standard InChI is InChI=1S/C13H17N5OS/c1-8-15-6-10(17-8)12(19)18-13-16-7-11(20-13)9-2-4-14-5-3-9/h6-7,9,14H,2-5H2,1H3,(H,15,17)(H,16,18,19). The molecule has 1 amide bonds. The number of aromatic amines is 1. The van der Waals surface area contributed by atoms with Crippen LogP contribution < -0.4 is 10.6 Å². The Morgan fingerprint density at radius 3 is 2.85 bits per heavy atom. The fraction of sp³-hybridized carbons (Fsp3) is 0.462. The minimum atomic E-state index is -0.197. The smallest absolute Gasteiger partial charge is 0.275 e. The first-order valence-corrected chi connectivity index (χ1v) is 7.53. The van der Waals surface area contributed by atoms with Crippen molar-refractivity contribution in [3.8, 4) is 0 Å². The van der Waals surface area contributed by atoms with E-state index in [-0.39, 0.29) is 5.91 Å². The minimum Gasteiger partial charge on any atom is -0.338 e. The highest BCUT2D eigenvalue weighted by Crippen LogP contribution is 2.31. The van der Waals surface area contributed by atoms with Crippen molar-refractivity contribution in [2.45, 2.75) is 25.7 Å². The summed E-state index contributed by atoms with van der Waals surface area (Å²) in [5.74, 6) is 1.09. The van der Waals surface area contributed by atoms with Crippen LogP contribution in [0.4, 0.5) is 5.13 Å². The van der Waals surface area contributed by atoms with Crippen LogP contribution in [-0.4, -0.2) is 33.9 Å². The zero-order chi connectivity index (χ0) is 13.9. The molecule has 0 radical (unpaired) electrons. The fourth-order valence-electron chi connectivity index (χ4n) is 2.34. The number of carbonyl (C=O) groups is 1. The molecule has 0 spiro atoms. The molecule has 0 saturated carbocycles. The molecule has 0 bridgehead atoms. The molecule has 0 unspecified atom stereocenters.